The lowest BCUT2D eigenvalue weighted by atomic mass is 9.97. The van der Waals surface area contributed by atoms with Crippen LogP contribution in [0.2, 0.25) is 0 Å². The second-order valence-electron chi connectivity index (χ2n) is 8.29. The number of carboxylic acid groups (broad SMARTS) is 1. The molecule has 36 heavy (non-hydrogen) atoms. The van der Waals surface area contributed by atoms with Crippen molar-refractivity contribution in [1.82, 2.24) is 9.97 Å². The Hall–Kier alpha value is -1.60. The summed E-state index contributed by atoms with van der Waals surface area (Å²) in [6.07, 6.45) is 3.60. The molecule has 1 heterocycles. The minimum Gasteiger partial charge on any atom is -0.481 e. The van der Waals surface area contributed by atoms with Crippen LogP contribution < -0.4 is 4.31 Å². The molecule has 0 spiro atoms. The highest BCUT2D eigenvalue weighted by molar-refractivity contribution is 8.00. The fourth-order valence-corrected chi connectivity index (χ4v) is 4.83. The van der Waals surface area contributed by atoms with Gasteiger partial charge in [0.1, 0.15) is 5.82 Å². The topological polar surface area (TPSA) is 119 Å². The number of carbonyl (C=O) groups is 1. The number of anilines is 1. The van der Waals surface area contributed by atoms with Gasteiger partial charge in [0.15, 0.2) is 0 Å². The van der Waals surface area contributed by atoms with Crippen molar-refractivity contribution in [2.45, 2.75) is 44.8 Å². The van der Waals surface area contributed by atoms with Gasteiger partial charge in [-0.25, -0.2) is 27.1 Å². The third-order valence-corrected chi connectivity index (χ3v) is 7.58. The molecule has 2 aromatic rings. The number of carboxylic acids is 1. The normalized spacial score (nSPS) is 14.1. The summed E-state index contributed by atoms with van der Waals surface area (Å²) in [5.41, 5.74) is 2.18. The van der Waals surface area contributed by atoms with Gasteiger partial charge >= 0.3 is 5.97 Å². The Morgan fingerprint density at radius 2 is 1.92 bits per heavy atom. The summed E-state index contributed by atoms with van der Waals surface area (Å²) in [4.78, 5) is 20.3. The largest absolute Gasteiger partial charge is 0.481 e. The zero-order valence-corrected chi connectivity index (χ0v) is 24.5. The Morgan fingerprint density at radius 1 is 1.28 bits per heavy atom. The summed E-state index contributed by atoms with van der Waals surface area (Å²) in [7, 11) is 2.38. The number of hydrogen-bond donors (Lipinski definition) is 1. The van der Waals surface area contributed by atoms with Crippen molar-refractivity contribution in [2.24, 2.45) is 0 Å². The number of hydrogen-bond acceptors (Lipinski definition) is 7. The second-order valence-corrected chi connectivity index (χ2v) is 11.8. The lowest BCUT2D eigenvalue weighted by Crippen LogP contribution is -2.27. The van der Waals surface area contributed by atoms with Gasteiger partial charge in [-0.3, -0.25) is 4.79 Å². The van der Waals surface area contributed by atoms with Gasteiger partial charge < -0.3 is 14.2 Å². The van der Waals surface area contributed by atoms with Crippen LogP contribution in [0.25, 0.3) is 17.3 Å². The van der Waals surface area contributed by atoms with Crippen LogP contribution in [0.4, 0.5) is 10.3 Å². The summed E-state index contributed by atoms with van der Waals surface area (Å²) in [6.45, 7) is 3.83. The molecule has 9 nitrogen and oxygen atoms in total. The van der Waals surface area contributed by atoms with E-state index in [2.05, 4.69) is 28.4 Å². The third kappa shape index (κ3) is 8.76. The Balaban J connectivity index is 2.63. The first-order valence-corrected chi connectivity index (χ1v) is 15.9. The molecule has 0 radical (unpaired) electrons. The number of aromatic nitrogens is 2. The first-order chi connectivity index (χ1) is 16.9. The number of rotatable bonds is 13. The Bertz CT molecular complexity index is 1180. The van der Waals surface area contributed by atoms with E-state index in [0.717, 1.165) is 10.6 Å². The van der Waals surface area contributed by atoms with Gasteiger partial charge in [-0.15, -0.1) is 0 Å². The molecule has 3 unspecified atom stereocenters. The molecule has 0 amide bonds. The van der Waals surface area contributed by atoms with Crippen LogP contribution >= 0.6 is 26.9 Å². The Labute approximate surface area is 217 Å². The van der Waals surface area contributed by atoms with Crippen LogP contribution in [0.3, 0.4) is 0 Å². The summed E-state index contributed by atoms with van der Waals surface area (Å²) in [5.74, 6) is -1.52. The molecule has 5 atom stereocenters. The highest BCUT2D eigenvalue weighted by Gasteiger charge is 2.23. The maximum atomic E-state index is 13.6. The number of aliphatic carboxylic acids is 1. The molecule has 0 saturated carbocycles. The number of sulfonamides is 1. The fourth-order valence-electron chi connectivity index (χ4n) is 3.30. The van der Waals surface area contributed by atoms with Crippen LogP contribution in [0.5, 0.6) is 0 Å². The van der Waals surface area contributed by atoms with E-state index in [-0.39, 0.29) is 33.2 Å². The Kier molecular flexibility index (Phi) is 11.7. The molecule has 0 aliphatic rings. The van der Waals surface area contributed by atoms with Crippen LogP contribution in [0.1, 0.15) is 43.9 Å². The minimum atomic E-state index is -3.63. The van der Waals surface area contributed by atoms with Crippen LogP contribution in [-0.4, -0.2) is 55.0 Å². The van der Waals surface area contributed by atoms with Gasteiger partial charge in [-0.1, -0.05) is 34.9 Å². The van der Waals surface area contributed by atoms with Gasteiger partial charge in [0, 0.05) is 42.6 Å². The smallest absolute Gasteiger partial charge is 0.305 e. The van der Waals surface area contributed by atoms with Crippen molar-refractivity contribution < 1.29 is 31.8 Å². The van der Waals surface area contributed by atoms with Gasteiger partial charge in [-0.2, -0.15) is 0 Å². The zero-order chi connectivity index (χ0) is 27.0. The summed E-state index contributed by atoms with van der Waals surface area (Å²) in [6, 6.07) is 5.71. The summed E-state index contributed by atoms with van der Waals surface area (Å²) in [5, 5.41) is 9.17. The quantitative estimate of drug-likeness (QED) is 0.343. The van der Waals surface area contributed by atoms with Gasteiger partial charge in [0.05, 0.1) is 36.3 Å². The van der Waals surface area contributed by atoms with Crippen LogP contribution in [-0.2, 0) is 23.9 Å². The molecule has 0 saturated heterocycles. The molecule has 1 N–H and O–H groups in total. The molecule has 0 aliphatic heterocycles. The second kappa shape index (κ2) is 13.8. The maximum absolute atomic E-state index is 13.6. The predicted octanol–water partition coefficient (Wildman–Crippen LogP) is 4.62. The number of halogens is 1. The monoisotopic (exact) mass is 577 g/mol. The van der Waals surface area contributed by atoms with Crippen molar-refractivity contribution in [1.29, 1.82) is 0 Å². The lowest BCUT2D eigenvalue weighted by molar-refractivity contribution is -0.138. The van der Waals surface area contributed by atoms with E-state index in [1.807, 2.05) is 13.8 Å². The van der Waals surface area contributed by atoms with E-state index in [1.165, 1.54) is 19.2 Å². The fraction of sp³-hybridized carbons (Fsp3) is 0.409. The molecular formula is C22H31FN3O6P3S. The van der Waals surface area contributed by atoms with Crippen LogP contribution in [0, 0.1) is 5.82 Å². The molecule has 2 rings (SSSR count). The van der Waals surface area contributed by atoms with E-state index >= 15 is 0 Å². The average molecular weight is 577 g/mol. The highest BCUT2D eigenvalue weighted by atomic mass is 32.2. The SMILES string of the molecule is CC(C)c1nc(N(C)S(C)(=O)=O)nc(-c2ccc(F)cc2)c1/C=C/[C@H](C[C@H](CC(=O)O)OPP)OP. The predicted molar refractivity (Wildman–Crippen MR) is 148 cm³/mol. The van der Waals surface area contributed by atoms with Crippen molar-refractivity contribution in [3.05, 3.63) is 47.4 Å². The molecule has 0 aliphatic carbocycles. The van der Waals surface area contributed by atoms with E-state index in [1.54, 1.807) is 24.3 Å². The number of nitrogens with zero attached hydrogens (tertiary/aromatic N) is 3. The van der Waals surface area contributed by atoms with E-state index < -0.39 is 34.0 Å². The lowest BCUT2D eigenvalue weighted by Gasteiger charge is -2.21. The zero-order valence-electron chi connectivity index (χ0n) is 20.4. The molecule has 0 fully saturated rings. The van der Waals surface area contributed by atoms with Gasteiger partial charge in [-0.05, 0) is 30.2 Å². The van der Waals surface area contributed by atoms with Crippen molar-refractivity contribution >= 4 is 54.9 Å². The van der Waals surface area contributed by atoms with Crippen molar-refractivity contribution in [2.75, 3.05) is 17.6 Å². The van der Waals surface area contributed by atoms with Gasteiger partial charge in [0.2, 0.25) is 16.0 Å². The Morgan fingerprint density at radius 3 is 2.42 bits per heavy atom. The van der Waals surface area contributed by atoms with Crippen molar-refractivity contribution in [3.63, 3.8) is 0 Å². The summed E-state index contributed by atoms with van der Waals surface area (Å²) < 4.78 is 50.0. The molecule has 1 aromatic heterocycles. The van der Waals surface area contributed by atoms with E-state index in [4.69, 9.17) is 9.05 Å². The maximum Gasteiger partial charge on any atom is 0.305 e. The van der Waals surface area contributed by atoms with E-state index in [0.29, 0.717) is 22.5 Å². The number of benzene rings is 1. The van der Waals surface area contributed by atoms with Crippen LogP contribution in [0.15, 0.2) is 30.3 Å². The van der Waals surface area contributed by atoms with Gasteiger partial charge in [0.25, 0.3) is 0 Å². The van der Waals surface area contributed by atoms with E-state index in [9.17, 15) is 22.7 Å². The average Bonchev–Trinajstić information content (AvgIpc) is 2.80. The molecule has 0 bridgehead atoms. The molecule has 1 aromatic carbocycles. The minimum absolute atomic E-state index is 0.00659. The first kappa shape index (κ1) is 30.6. The first-order valence-electron chi connectivity index (χ1n) is 10.9. The summed E-state index contributed by atoms with van der Waals surface area (Å²) >= 11 is 0. The highest BCUT2D eigenvalue weighted by Crippen LogP contribution is 2.33. The standard InChI is InChI=1S/C22H31FN3O6P3S/c1-13(2)20-18(10-9-16(31-33)11-17(32-35-34)12-19(27)28)21(14-5-7-15(23)8-6-14)25-22(24-20)26(3)36(4,29)30/h5-10,13,16-17,35H,11-12,33-34H2,1-4H3,(H,27,28)/b10-9+/t16-,17-/m1/s1. The molecular weight excluding hydrogens is 546 g/mol. The molecule has 198 valence electrons. The third-order valence-electron chi connectivity index (χ3n) is 5.19. The van der Waals surface area contributed by atoms with Crippen molar-refractivity contribution in [3.8, 4) is 11.3 Å². The molecule has 14 heteroatoms.